The third kappa shape index (κ3) is 4.11. The molecule has 1 N–H and O–H groups in total. The van der Waals surface area contributed by atoms with Crippen LogP contribution in [-0.2, 0) is 11.2 Å². The maximum Gasteiger partial charge on any atom is 0.232 e. The van der Waals surface area contributed by atoms with Crippen molar-refractivity contribution >= 4 is 22.9 Å². The highest BCUT2D eigenvalue weighted by Crippen LogP contribution is 2.27. The summed E-state index contributed by atoms with van der Waals surface area (Å²) in [6.45, 7) is 0. The van der Waals surface area contributed by atoms with Gasteiger partial charge in [0.25, 0.3) is 0 Å². The lowest BCUT2D eigenvalue weighted by atomic mass is 9.93. The molecular weight excluding hydrogens is 344 g/mol. The van der Waals surface area contributed by atoms with E-state index in [1.807, 2.05) is 41.8 Å². The Morgan fingerprint density at radius 3 is 2.58 bits per heavy atom. The Balaban J connectivity index is 1.88. The zero-order valence-corrected chi connectivity index (χ0v) is 15.1. The van der Waals surface area contributed by atoms with Crippen molar-refractivity contribution in [2.45, 2.75) is 12.3 Å². The summed E-state index contributed by atoms with van der Waals surface area (Å²) in [6.07, 6.45) is 0.602. The highest BCUT2D eigenvalue weighted by molar-refractivity contribution is 7.09. The zero-order valence-electron chi connectivity index (χ0n) is 14.3. The van der Waals surface area contributed by atoms with E-state index in [4.69, 9.17) is 4.74 Å². The first-order valence-corrected chi connectivity index (χ1v) is 9.05. The molecule has 3 rings (SSSR count). The average Bonchev–Trinajstić information content (AvgIpc) is 3.20. The molecular formula is C21H18N2O2S. The van der Waals surface area contributed by atoms with Crippen LogP contribution in [-0.4, -0.2) is 13.0 Å². The number of para-hydroxylation sites is 1. The minimum absolute atomic E-state index is 0.133. The summed E-state index contributed by atoms with van der Waals surface area (Å²) in [5.41, 5.74) is 1.89. The SMILES string of the molecule is COc1ccc(C(Cc2cccs2)C(=O)Nc2ccccc2C#N)cc1. The molecule has 1 amide bonds. The van der Waals surface area contributed by atoms with Crippen molar-refractivity contribution in [1.82, 2.24) is 0 Å². The van der Waals surface area contributed by atoms with Crippen molar-refractivity contribution in [3.05, 3.63) is 82.0 Å². The molecule has 0 bridgehead atoms. The molecule has 0 aliphatic carbocycles. The first-order chi connectivity index (χ1) is 12.7. The molecule has 0 saturated carbocycles. The second-order valence-electron chi connectivity index (χ2n) is 5.76. The van der Waals surface area contributed by atoms with Crippen LogP contribution in [0.25, 0.3) is 0 Å². The average molecular weight is 362 g/mol. The summed E-state index contributed by atoms with van der Waals surface area (Å²) in [5.74, 6) is 0.261. The standard InChI is InChI=1S/C21H18N2O2S/c1-25-17-10-8-15(9-11-17)19(13-18-6-4-12-26-18)21(24)23-20-7-3-2-5-16(20)14-22/h2-12,19H,13H2,1H3,(H,23,24). The number of carbonyl (C=O) groups is 1. The Labute approximate surface area is 156 Å². The van der Waals surface area contributed by atoms with E-state index in [1.54, 1.807) is 42.7 Å². The zero-order chi connectivity index (χ0) is 18.4. The number of rotatable bonds is 6. The van der Waals surface area contributed by atoms with Gasteiger partial charge in [0, 0.05) is 4.88 Å². The highest BCUT2D eigenvalue weighted by atomic mass is 32.1. The largest absolute Gasteiger partial charge is 0.497 e. The molecule has 26 heavy (non-hydrogen) atoms. The van der Waals surface area contributed by atoms with Crippen molar-refractivity contribution in [1.29, 1.82) is 5.26 Å². The van der Waals surface area contributed by atoms with Gasteiger partial charge in [-0.1, -0.05) is 30.3 Å². The molecule has 0 spiro atoms. The van der Waals surface area contributed by atoms with Crippen molar-refractivity contribution in [2.75, 3.05) is 12.4 Å². The van der Waals surface area contributed by atoms with Crippen LogP contribution in [0.1, 0.15) is 21.9 Å². The predicted molar refractivity (Wildman–Crippen MR) is 104 cm³/mol. The number of nitriles is 1. The molecule has 3 aromatic rings. The first kappa shape index (κ1) is 17.7. The molecule has 4 nitrogen and oxygen atoms in total. The number of ether oxygens (including phenoxy) is 1. The second-order valence-corrected chi connectivity index (χ2v) is 6.79. The van der Waals surface area contributed by atoms with Crippen LogP contribution in [0.4, 0.5) is 5.69 Å². The van der Waals surface area contributed by atoms with Gasteiger partial charge in [-0.15, -0.1) is 11.3 Å². The van der Waals surface area contributed by atoms with E-state index in [-0.39, 0.29) is 11.8 Å². The number of hydrogen-bond acceptors (Lipinski definition) is 4. The van der Waals surface area contributed by atoms with E-state index in [0.717, 1.165) is 16.2 Å². The third-order valence-corrected chi connectivity index (χ3v) is 5.02. The van der Waals surface area contributed by atoms with E-state index in [9.17, 15) is 10.1 Å². The van der Waals surface area contributed by atoms with Gasteiger partial charge in [0.2, 0.25) is 5.91 Å². The Bertz CT molecular complexity index is 912. The number of methoxy groups -OCH3 is 1. The smallest absolute Gasteiger partial charge is 0.232 e. The van der Waals surface area contributed by atoms with Crippen LogP contribution in [0, 0.1) is 11.3 Å². The van der Waals surface area contributed by atoms with E-state index in [2.05, 4.69) is 11.4 Å². The van der Waals surface area contributed by atoms with E-state index in [1.165, 1.54) is 0 Å². The van der Waals surface area contributed by atoms with Gasteiger partial charge in [0.15, 0.2) is 0 Å². The molecule has 1 atom stereocenters. The summed E-state index contributed by atoms with van der Waals surface area (Å²) in [6, 6.07) is 20.7. The molecule has 0 fully saturated rings. The number of nitrogens with one attached hydrogen (secondary N) is 1. The lowest BCUT2D eigenvalue weighted by Crippen LogP contribution is -2.23. The van der Waals surface area contributed by atoms with E-state index in [0.29, 0.717) is 17.7 Å². The van der Waals surface area contributed by atoms with Gasteiger partial charge in [-0.2, -0.15) is 5.26 Å². The lowest BCUT2D eigenvalue weighted by Gasteiger charge is -2.17. The minimum atomic E-state index is -0.355. The number of anilines is 1. The minimum Gasteiger partial charge on any atom is -0.497 e. The van der Waals surface area contributed by atoms with Crippen molar-refractivity contribution in [2.24, 2.45) is 0 Å². The summed E-state index contributed by atoms with van der Waals surface area (Å²) >= 11 is 1.63. The number of thiophene rings is 1. The van der Waals surface area contributed by atoms with Crippen molar-refractivity contribution in [3.8, 4) is 11.8 Å². The van der Waals surface area contributed by atoms with Gasteiger partial charge < -0.3 is 10.1 Å². The van der Waals surface area contributed by atoms with Gasteiger partial charge in [0.1, 0.15) is 11.8 Å². The Morgan fingerprint density at radius 1 is 1.15 bits per heavy atom. The highest BCUT2D eigenvalue weighted by Gasteiger charge is 2.22. The Morgan fingerprint density at radius 2 is 1.92 bits per heavy atom. The van der Waals surface area contributed by atoms with Crippen molar-refractivity contribution in [3.63, 3.8) is 0 Å². The third-order valence-electron chi connectivity index (χ3n) is 4.13. The predicted octanol–water partition coefficient (Wildman–Crippen LogP) is 4.59. The number of hydrogen-bond donors (Lipinski definition) is 1. The fourth-order valence-corrected chi connectivity index (χ4v) is 3.49. The molecule has 0 aliphatic rings. The molecule has 5 heteroatoms. The van der Waals surface area contributed by atoms with Crippen molar-refractivity contribution < 1.29 is 9.53 Å². The quantitative estimate of drug-likeness (QED) is 0.697. The lowest BCUT2D eigenvalue weighted by molar-refractivity contribution is -0.117. The van der Waals surface area contributed by atoms with Crippen LogP contribution in [0.3, 0.4) is 0 Å². The molecule has 0 aliphatic heterocycles. The topological polar surface area (TPSA) is 62.1 Å². The number of carbonyl (C=O) groups excluding carboxylic acids is 1. The molecule has 2 aromatic carbocycles. The van der Waals surface area contributed by atoms with E-state index >= 15 is 0 Å². The Kier molecular flexibility index (Phi) is 5.67. The number of benzene rings is 2. The Hall–Kier alpha value is -3.10. The summed E-state index contributed by atoms with van der Waals surface area (Å²) in [7, 11) is 1.61. The van der Waals surface area contributed by atoms with Crippen LogP contribution in [0.2, 0.25) is 0 Å². The summed E-state index contributed by atoms with van der Waals surface area (Å²) in [5, 5.41) is 14.2. The van der Waals surface area contributed by atoms with Crippen LogP contribution in [0.5, 0.6) is 5.75 Å². The van der Waals surface area contributed by atoms with Gasteiger partial charge in [-0.05, 0) is 47.7 Å². The monoisotopic (exact) mass is 362 g/mol. The molecule has 130 valence electrons. The summed E-state index contributed by atoms with van der Waals surface area (Å²) < 4.78 is 5.21. The maximum absolute atomic E-state index is 13.0. The molecule has 1 aromatic heterocycles. The van der Waals surface area contributed by atoms with Gasteiger partial charge in [0.05, 0.1) is 24.3 Å². The number of nitrogens with zero attached hydrogens (tertiary/aromatic N) is 1. The normalized spacial score (nSPS) is 11.4. The van der Waals surface area contributed by atoms with Gasteiger partial charge >= 0.3 is 0 Å². The maximum atomic E-state index is 13.0. The van der Waals surface area contributed by atoms with Gasteiger partial charge in [-0.25, -0.2) is 0 Å². The van der Waals surface area contributed by atoms with Crippen LogP contribution >= 0.6 is 11.3 Å². The molecule has 1 heterocycles. The molecule has 0 radical (unpaired) electrons. The number of amides is 1. The molecule has 0 saturated heterocycles. The van der Waals surface area contributed by atoms with Gasteiger partial charge in [-0.3, -0.25) is 4.79 Å². The van der Waals surface area contributed by atoms with Crippen LogP contribution in [0.15, 0.2) is 66.0 Å². The summed E-state index contributed by atoms with van der Waals surface area (Å²) in [4.78, 5) is 14.1. The van der Waals surface area contributed by atoms with Crippen LogP contribution < -0.4 is 10.1 Å². The fraction of sp³-hybridized carbons (Fsp3) is 0.143. The fourth-order valence-electron chi connectivity index (χ4n) is 2.74. The molecule has 1 unspecified atom stereocenters. The first-order valence-electron chi connectivity index (χ1n) is 8.17. The second kappa shape index (κ2) is 8.32. The van der Waals surface area contributed by atoms with E-state index < -0.39 is 0 Å².